The molecule has 0 aliphatic rings. The Balaban J connectivity index is 0.000000151. The second-order valence-corrected chi connectivity index (χ2v) is 33.2. The number of halogens is 8. The van der Waals surface area contributed by atoms with E-state index in [1.165, 1.54) is 13.8 Å². The SMILES string of the molecule is CCCc1cc(Oc2ccc(C)c(Cl)c2)ccc1-c1noc2cc(Cl)c(O[C@@H](C)C(=O)O)cc12.CCCc1nc(Oc2ccc(Cl)cc2)ccc1-c1noc2cc(Cl)c(OC(CC)C(=O)O)cc12.CCCc1nc(Oc2ccc(Cl)cc2)ccc1-c1noc2cc(Cl)c(OCC(=O)O)cc12.CCCc1nc(Oc2ccc(Cl)cc2)ccc1-c1noc2cc(Cl)c(O[C@@H](C)C(=O)O)cc12. The van der Waals surface area contributed by atoms with Crippen molar-refractivity contribution in [2.75, 3.05) is 6.61 Å². The minimum atomic E-state index is -1.10. The highest BCUT2D eigenvalue weighted by Gasteiger charge is 2.28. The van der Waals surface area contributed by atoms with E-state index >= 15 is 0 Å². The van der Waals surface area contributed by atoms with Gasteiger partial charge in [0.2, 0.25) is 17.6 Å². The number of hydrogen-bond donors (Lipinski definition) is 4. The largest absolute Gasteiger partial charge is 0.480 e. The summed E-state index contributed by atoms with van der Waals surface area (Å²) < 4.78 is 67.6. The molecule has 0 fully saturated rings. The Morgan fingerprint density at radius 1 is 0.346 bits per heavy atom. The fourth-order valence-electron chi connectivity index (χ4n) is 13.5. The Morgan fingerprint density at radius 2 is 0.669 bits per heavy atom. The summed E-state index contributed by atoms with van der Waals surface area (Å²) >= 11 is 49.1. The summed E-state index contributed by atoms with van der Waals surface area (Å²) in [5.74, 6) is 1.17. The van der Waals surface area contributed by atoms with Crippen molar-refractivity contribution in [2.24, 2.45) is 0 Å². The van der Waals surface area contributed by atoms with E-state index in [1.807, 2.05) is 55.5 Å². The minimum Gasteiger partial charge on any atom is -0.480 e. The highest BCUT2D eigenvalue weighted by molar-refractivity contribution is 6.35. The number of carbonyl (C=O) groups is 4. The number of aryl methyl sites for hydroxylation is 5. The third-order valence-electron chi connectivity index (χ3n) is 20.1. The highest BCUT2D eigenvalue weighted by Crippen LogP contribution is 2.45. The van der Waals surface area contributed by atoms with Crippen LogP contribution in [0, 0.1) is 6.92 Å². The minimum absolute atomic E-state index is 0.233. The maximum atomic E-state index is 11.4. The summed E-state index contributed by atoms with van der Waals surface area (Å²) in [6.07, 6.45) is 3.51. The molecule has 0 bridgehead atoms. The van der Waals surface area contributed by atoms with E-state index < -0.39 is 48.8 Å². The number of carboxylic acids is 4. The summed E-state index contributed by atoms with van der Waals surface area (Å²) in [6, 6.07) is 56.2. The number of pyridine rings is 3. The van der Waals surface area contributed by atoms with Crippen LogP contribution in [0.1, 0.15) is 109 Å². The zero-order chi connectivity index (χ0) is 94.8. The van der Waals surface area contributed by atoms with Gasteiger partial charge in [0.1, 0.15) is 74.5 Å². The van der Waals surface area contributed by atoms with Crippen LogP contribution in [-0.2, 0) is 44.9 Å². The van der Waals surface area contributed by atoms with Gasteiger partial charge in [0.25, 0.3) is 0 Å². The van der Waals surface area contributed by atoms with E-state index in [9.17, 15) is 29.4 Å². The van der Waals surface area contributed by atoms with Crippen molar-refractivity contribution in [2.45, 2.75) is 131 Å². The van der Waals surface area contributed by atoms with Crippen molar-refractivity contribution in [3.63, 3.8) is 0 Å². The molecule has 686 valence electrons. The van der Waals surface area contributed by atoms with Gasteiger partial charge in [-0.15, -0.1) is 0 Å². The lowest BCUT2D eigenvalue weighted by atomic mass is 9.98. The summed E-state index contributed by atoms with van der Waals surface area (Å²) in [7, 11) is 0. The van der Waals surface area contributed by atoms with Crippen molar-refractivity contribution in [1.82, 2.24) is 35.6 Å². The van der Waals surface area contributed by atoms with Gasteiger partial charge in [0.05, 0.1) is 58.7 Å². The smallest absolute Gasteiger partial charge is 0.344 e. The molecule has 7 heterocycles. The molecule has 4 N–H and O–H groups in total. The lowest BCUT2D eigenvalue weighted by molar-refractivity contribution is -0.145. The van der Waals surface area contributed by atoms with Crippen LogP contribution in [0.25, 0.3) is 88.9 Å². The average Bonchev–Trinajstić information content (AvgIpc) is 1.66. The number of aromatic nitrogens is 7. The second-order valence-electron chi connectivity index (χ2n) is 29.9. The first kappa shape index (κ1) is 97.4. The van der Waals surface area contributed by atoms with Crippen molar-refractivity contribution in [1.29, 1.82) is 0 Å². The molecule has 27 nitrogen and oxygen atoms in total. The molecule has 7 aromatic heterocycles. The van der Waals surface area contributed by atoms with E-state index in [4.69, 9.17) is 164 Å². The van der Waals surface area contributed by atoms with Gasteiger partial charge in [-0.05, 0) is 210 Å². The van der Waals surface area contributed by atoms with Gasteiger partial charge >= 0.3 is 23.9 Å². The molecule has 1 unspecified atom stereocenters. The van der Waals surface area contributed by atoms with Crippen LogP contribution in [0.5, 0.6) is 69.4 Å². The van der Waals surface area contributed by atoms with Crippen LogP contribution in [0.3, 0.4) is 0 Å². The second kappa shape index (κ2) is 44.9. The molecule has 133 heavy (non-hydrogen) atoms. The Labute approximate surface area is 801 Å². The zero-order valence-corrected chi connectivity index (χ0v) is 78.3. The summed E-state index contributed by atoms with van der Waals surface area (Å²) in [4.78, 5) is 58.7. The number of benzene rings is 9. The standard InChI is InChI=1S/C26H23Cl2NO5.C25H22Cl2N2O5.C24H20Cl2N2O5.C23H18Cl2N2O5/c1-4-5-16-10-17(33-18-7-6-14(2)21(27)11-18)8-9-19(16)25-20-12-24(32-15(3)26(30)31)22(28)13-23(20)34-29-25;1-3-5-19-16(10-11-23(28-19)32-15-8-6-14(26)7-9-15)24-17-12-22(33-20(4-2)25(30)31)18(27)13-21(17)34-29-24;1-3-4-19-16(9-10-22(27-19)32-15-7-5-14(25)6-8-15)23-17-11-21(31-13(2)24(29)30)18(26)12-20(17)33-28-23;1-2-3-18-15(8-9-21(26-18)31-14-6-4-13(24)5-7-14)23-16-10-20(30-12-22(28)29)17(25)11-19(16)32-27-23/h6-13,15H,4-5H2,1-3H3,(H,30,31);6-13,20H,3-5H2,1-2H3,(H,30,31);5-13H,3-4H2,1-2H3,(H,29,30);4-11H,2-3,12H2,1H3,(H,28,29)/t15-;;13-;/m0.0./s1. The van der Waals surface area contributed by atoms with Crippen LogP contribution in [0.2, 0.25) is 40.2 Å². The fraction of sp³-hybridized carbons (Fsp3) is 0.214. The van der Waals surface area contributed by atoms with Crippen molar-refractivity contribution >= 4 is 161 Å². The third-order valence-corrected chi connectivity index (χ3v) is 22.4. The van der Waals surface area contributed by atoms with E-state index in [1.54, 1.807) is 153 Å². The first-order valence-electron chi connectivity index (χ1n) is 41.7. The number of nitrogens with zero attached hydrogens (tertiary/aromatic N) is 7. The number of fused-ring (bicyclic) bond motifs is 4. The molecular formula is C98H83Cl8N7O20. The molecule has 3 atom stereocenters. The molecule has 35 heteroatoms. The molecule has 0 saturated heterocycles. The fourth-order valence-corrected chi connectivity index (χ4v) is 14.9. The predicted octanol–water partition coefficient (Wildman–Crippen LogP) is 28.1. The van der Waals surface area contributed by atoms with Gasteiger partial charge < -0.3 is 76.4 Å². The molecule has 16 aromatic rings. The average molecular weight is 1960 g/mol. The molecule has 0 radical (unpaired) electrons. The first-order valence-corrected chi connectivity index (χ1v) is 44.7. The molecule has 16 rings (SSSR count). The quantitative estimate of drug-likeness (QED) is 0.0297. The number of carboxylic acid groups (broad SMARTS) is 4. The van der Waals surface area contributed by atoms with Gasteiger partial charge in [-0.3, -0.25) is 0 Å². The van der Waals surface area contributed by atoms with Crippen LogP contribution in [0.15, 0.2) is 212 Å². The summed E-state index contributed by atoms with van der Waals surface area (Å²) in [5, 5.41) is 59.6. The molecular weight excluding hydrogens is 1880 g/mol. The normalized spacial score (nSPS) is 11.8. The van der Waals surface area contributed by atoms with Crippen molar-refractivity contribution < 1.29 is 95.6 Å². The maximum absolute atomic E-state index is 11.4. The third kappa shape index (κ3) is 24.6. The summed E-state index contributed by atoms with van der Waals surface area (Å²) in [5.41, 5.74) is 11.7. The molecule has 9 aromatic carbocycles. The highest BCUT2D eigenvalue weighted by atomic mass is 35.5. The number of hydrogen-bond acceptors (Lipinski definition) is 23. The van der Waals surface area contributed by atoms with Crippen LogP contribution < -0.4 is 37.9 Å². The number of rotatable bonds is 33. The lowest BCUT2D eigenvalue weighted by Gasteiger charge is -2.14. The molecule has 0 aliphatic carbocycles. The Kier molecular flexibility index (Phi) is 32.9. The van der Waals surface area contributed by atoms with Crippen LogP contribution >= 0.6 is 92.8 Å². The molecule has 0 saturated carbocycles. The van der Waals surface area contributed by atoms with Gasteiger partial charge in [0.15, 0.2) is 47.3 Å². The Morgan fingerprint density at radius 3 is 1.01 bits per heavy atom. The van der Waals surface area contributed by atoms with Crippen LogP contribution in [0.4, 0.5) is 0 Å². The van der Waals surface area contributed by atoms with E-state index in [2.05, 4.69) is 58.3 Å². The van der Waals surface area contributed by atoms with Crippen molar-refractivity contribution in [3.8, 4) is 114 Å². The molecule has 0 spiro atoms. The van der Waals surface area contributed by atoms with E-state index in [-0.39, 0.29) is 43.1 Å². The molecule has 0 aliphatic heterocycles. The number of ether oxygens (including phenoxy) is 8. The maximum Gasteiger partial charge on any atom is 0.344 e. The van der Waals surface area contributed by atoms with E-state index in [0.29, 0.717) is 159 Å². The monoisotopic (exact) mass is 1960 g/mol. The topological polar surface area (TPSA) is 366 Å². The number of aliphatic carboxylic acids is 4. The van der Waals surface area contributed by atoms with Gasteiger partial charge in [-0.2, -0.15) is 0 Å². The van der Waals surface area contributed by atoms with Gasteiger partial charge in [-0.1, -0.05) is 180 Å². The zero-order valence-electron chi connectivity index (χ0n) is 72.3. The summed E-state index contributed by atoms with van der Waals surface area (Å²) in [6.45, 7) is 14.3. The lowest BCUT2D eigenvalue weighted by Crippen LogP contribution is -2.26. The predicted molar refractivity (Wildman–Crippen MR) is 509 cm³/mol. The Hall–Kier alpha value is -13.1. The van der Waals surface area contributed by atoms with Gasteiger partial charge in [0, 0.05) is 84.8 Å². The first-order chi connectivity index (χ1) is 63.9. The van der Waals surface area contributed by atoms with Gasteiger partial charge in [-0.25, -0.2) is 34.1 Å². The molecule has 0 amide bonds. The van der Waals surface area contributed by atoms with E-state index in [0.717, 1.165) is 82.6 Å². The Bertz CT molecular complexity index is 6890. The van der Waals surface area contributed by atoms with Crippen LogP contribution in [-0.4, -0.2) is 105 Å². The van der Waals surface area contributed by atoms with Crippen molar-refractivity contribution in [3.05, 3.63) is 263 Å².